The lowest BCUT2D eigenvalue weighted by Gasteiger charge is -2.03. The summed E-state index contributed by atoms with van der Waals surface area (Å²) in [7, 11) is 0. The van der Waals surface area contributed by atoms with E-state index in [1.54, 1.807) is 6.07 Å². The minimum Gasteiger partial charge on any atom is -0.342 e. The zero-order valence-electron chi connectivity index (χ0n) is 10.8. The average molecular weight is 303 g/mol. The topological polar surface area (TPSA) is 28.7 Å². The van der Waals surface area contributed by atoms with Crippen LogP contribution in [0.1, 0.15) is 5.69 Å². The first-order chi connectivity index (χ1) is 9.66. The van der Waals surface area contributed by atoms with Crippen LogP contribution >= 0.6 is 23.2 Å². The van der Waals surface area contributed by atoms with Crippen molar-refractivity contribution in [3.05, 3.63) is 64.3 Å². The van der Waals surface area contributed by atoms with Crippen molar-refractivity contribution >= 4 is 23.2 Å². The fourth-order valence-corrected chi connectivity index (χ4v) is 2.53. The summed E-state index contributed by atoms with van der Waals surface area (Å²) in [6.45, 7) is 1.98. The SMILES string of the molecule is Cc1[nH]c(-c2ccccc2)nc1-c1cccc(Cl)c1Cl. The number of nitrogens with one attached hydrogen (secondary N) is 1. The Hall–Kier alpha value is -1.77. The lowest BCUT2D eigenvalue weighted by molar-refractivity contribution is 1.26. The highest BCUT2D eigenvalue weighted by atomic mass is 35.5. The smallest absolute Gasteiger partial charge is 0.138 e. The number of imidazole rings is 1. The van der Waals surface area contributed by atoms with E-state index in [4.69, 9.17) is 23.2 Å². The lowest BCUT2D eigenvalue weighted by Crippen LogP contribution is -1.83. The van der Waals surface area contributed by atoms with Gasteiger partial charge in [0.05, 0.1) is 15.7 Å². The van der Waals surface area contributed by atoms with Gasteiger partial charge in [0.1, 0.15) is 5.82 Å². The second-order valence-electron chi connectivity index (χ2n) is 4.53. The molecule has 0 fully saturated rings. The average Bonchev–Trinajstić information content (AvgIpc) is 2.85. The molecule has 3 rings (SSSR count). The number of aromatic amines is 1. The summed E-state index contributed by atoms with van der Waals surface area (Å²) in [6.07, 6.45) is 0. The Morgan fingerprint density at radius 2 is 1.70 bits per heavy atom. The number of nitrogens with zero attached hydrogens (tertiary/aromatic N) is 1. The number of benzene rings is 2. The minimum atomic E-state index is 0.531. The first-order valence-corrected chi connectivity index (χ1v) is 6.99. The predicted octanol–water partition coefficient (Wildman–Crippen LogP) is 5.36. The van der Waals surface area contributed by atoms with E-state index >= 15 is 0 Å². The van der Waals surface area contributed by atoms with Crippen LogP contribution < -0.4 is 0 Å². The Labute approximate surface area is 127 Å². The number of halogens is 2. The van der Waals surface area contributed by atoms with Crippen molar-refractivity contribution in [2.45, 2.75) is 6.92 Å². The van der Waals surface area contributed by atoms with Gasteiger partial charge in [-0.3, -0.25) is 0 Å². The number of H-pyrrole nitrogens is 1. The summed E-state index contributed by atoms with van der Waals surface area (Å²) in [5.74, 6) is 0.828. The van der Waals surface area contributed by atoms with Gasteiger partial charge in [-0.25, -0.2) is 4.98 Å². The zero-order valence-corrected chi connectivity index (χ0v) is 12.3. The van der Waals surface area contributed by atoms with Crippen molar-refractivity contribution in [2.24, 2.45) is 0 Å². The van der Waals surface area contributed by atoms with E-state index in [9.17, 15) is 0 Å². The molecule has 20 heavy (non-hydrogen) atoms. The standard InChI is InChI=1S/C16H12Cl2N2/c1-10-15(12-8-5-9-13(17)14(12)18)20-16(19-10)11-6-3-2-4-7-11/h2-9H,1H3,(H,19,20). The third-order valence-electron chi connectivity index (χ3n) is 3.14. The van der Waals surface area contributed by atoms with Crippen LogP contribution in [0.2, 0.25) is 10.0 Å². The summed E-state index contributed by atoms with van der Waals surface area (Å²) < 4.78 is 0. The minimum absolute atomic E-state index is 0.531. The highest BCUT2D eigenvalue weighted by Gasteiger charge is 2.14. The van der Waals surface area contributed by atoms with Gasteiger partial charge >= 0.3 is 0 Å². The summed E-state index contributed by atoms with van der Waals surface area (Å²) in [6, 6.07) is 15.6. The highest BCUT2D eigenvalue weighted by molar-refractivity contribution is 6.43. The molecule has 0 saturated heterocycles. The van der Waals surface area contributed by atoms with Gasteiger partial charge in [-0.2, -0.15) is 0 Å². The molecule has 0 radical (unpaired) electrons. The van der Waals surface area contributed by atoms with Crippen molar-refractivity contribution < 1.29 is 0 Å². The van der Waals surface area contributed by atoms with Crippen molar-refractivity contribution in [3.63, 3.8) is 0 Å². The molecule has 0 aliphatic rings. The normalized spacial score (nSPS) is 10.8. The molecule has 0 spiro atoms. The summed E-state index contributed by atoms with van der Waals surface area (Å²) >= 11 is 12.3. The van der Waals surface area contributed by atoms with Crippen LogP contribution in [0.5, 0.6) is 0 Å². The largest absolute Gasteiger partial charge is 0.342 e. The van der Waals surface area contributed by atoms with E-state index in [0.29, 0.717) is 10.0 Å². The van der Waals surface area contributed by atoms with E-state index in [1.165, 1.54) is 0 Å². The second kappa shape index (κ2) is 5.31. The van der Waals surface area contributed by atoms with E-state index in [-0.39, 0.29) is 0 Å². The Kier molecular flexibility index (Phi) is 3.51. The van der Waals surface area contributed by atoms with Crippen LogP contribution in [-0.4, -0.2) is 9.97 Å². The van der Waals surface area contributed by atoms with Crippen molar-refractivity contribution in [3.8, 4) is 22.6 Å². The van der Waals surface area contributed by atoms with Crippen molar-refractivity contribution in [1.29, 1.82) is 0 Å². The molecule has 100 valence electrons. The molecule has 2 aromatic carbocycles. The molecule has 0 amide bonds. The quantitative estimate of drug-likeness (QED) is 0.678. The number of hydrogen-bond acceptors (Lipinski definition) is 1. The fraction of sp³-hybridized carbons (Fsp3) is 0.0625. The van der Waals surface area contributed by atoms with E-state index in [0.717, 1.165) is 28.3 Å². The molecule has 2 nitrogen and oxygen atoms in total. The zero-order chi connectivity index (χ0) is 14.1. The summed E-state index contributed by atoms with van der Waals surface area (Å²) in [5, 5.41) is 1.07. The Balaban J connectivity index is 2.12. The molecular weight excluding hydrogens is 291 g/mol. The van der Waals surface area contributed by atoms with Crippen LogP contribution in [0.15, 0.2) is 48.5 Å². The third kappa shape index (κ3) is 2.33. The predicted molar refractivity (Wildman–Crippen MR) is 84.2 cm³/mol. The molecular formula is C16H12Cl2N2. The molecule has 0 atom stereocenters. The summed E-state index contributed by atoms with van der Waals surface area (Å²) in [5.41, 5.74) is 3.68. The van der Waals surface area contributed by atoms with Gasteiger partial charge in [0.2, 0.25) is 0 Å². The van der Waals surface area contributed by atoms with Gasteiger partial charge in [-0.05, 0) is 13.0 Å². The monoisotopic (exact) mass is 302 g/mol. The first kappa shape index (κ1) is 13.2. The molecule has 3 aromatic rings. The Bertz CT molecular complexity index is 748. The maximum atomic E-state index is 6.27. The molecule has 1 aromatic heterocycles. The van der Waals surface area contributed by atoms with Crippen LogP contribution in [-0.2, 0) is 0 Å². The van der Waals surface area contributed by atoms with Gasteiger partial charge in [0.25, 0.3) is 0 Å². The lowest BCUT2D eigenvalue weighted by atomic mass is 10.1. The first-order valence-electron chi connectivity index (χ1n) is 6.23. The van der Waals surface area contributed by atoms with Gasteiger partial charge in [-0.1, -0.05) is 65.7 Å². The number of aryl methyl sites for hydroxylation is 1. The number of aromatic nitrogens is 2. The van der Waals surface area contributed by atoms with Crippen molar-refractivity contribution in [2.75, 3.05) is 0 Å². The van der Waals surface area contributed by atoms with Crippen LogP contribution in [0, 0.1) is 6.92 Å². The Morgan fingerprint density at radius 3 is 2.45 bits per heavy atom. The maximum absolute atomic E-state index is 6.27. The summed E-state index contributed by atoms with van der Waals surface area (Å²) in [4.78, 5) is 7.95. The van der Waals surface area contributed by atoms with Gasteiger partial charge < -0.3 is 4.98 Å². The van der Waals surface area contributed by atoms with Crippen LogP contribution in [0.25, 0.3) is 22.6 Å². The van der Waals surface area contributed by atoms with E-state index < -0.39 is 0 Å². The fourth-order valence-electron chi connectivity index (χ4n) is 2.14. The molecule has 1 N–H and O–H groups in total. The molecule has 1 heterocycles. The maximum Gasteiger partial charge on any atom is 0.138 e. The van der Waals surface area contributed by atoms with Gasteiger partial charge in [-0.15, -0.1) is 0 Å². The van der Waals surface area contributed by atoms with Crippen LogP contribution in [0.3, 0.4) is 0 Å². The molecule has 0 bridgehead atoms. The molecule has 4 heteroatoms. The van der Waals surface area contributed by atoms with E-state index in [2.05, 4.69) is 9.97 Å². The van der Waals surface area contributed by atoms with Crippen LogP contribution in [0.4, 0.5) is 0 Å². The van der Waals surface area contributed by atoms with Crippen molar-refractivity contribution in [1.82, 2.24) is 9.97 Å². The Morgan fingerprint density at radius 1 is 0.950 bits per heavy atom. The van der Waals surface area contributed by atoms with E-state index in [1.807, 2.05) is 49.4 Å². The molecule has 0 unspecified atom stereocenters. The molecule has 0 saturated carbocycles. The number of rotatable bonds is 2. The molecule has 0 aliphatic heterocycles. The highest BCUT2D eigenvalue weighted by Crippen LogP contribution is 2.35. The van der Waals surface area contributed by atoms with Gasteiger partial charge in [0.15, 0.2) is 0 Å². The second-order valence-corrected chi connectivity index (χ2v) is 5.31. The van der Waals surface area contributed by atoms with Gasteiger partial charge in [0, 0.05) is 16.8 Å². The third-order valence-corrected chi connectivity index (χ3v) is 3.96. The molecule has 0 aliphatic carbocycles. The number of hydrogen-bond donors (Lipinski definition) is 1.